The lowest BCUT2D eigenvalue weighted by atomic mass is 9.76. The molecule has 0 radical (unpaired) electrons. The van der Waals surface area contributed by atoms with Crippen molar-refractivity contribution in [1.82, 2.24) is 0 Å². The maximum absolute atomic E-state index is 11.0. The molecular formula is C15H19NO4. The number of nitro groups is 1. The van der Waals surface area contributed by atoms with Gasteiger partial charge in [0, 0.05) is 12.1 Å². The molecule has 0 unspecified atom stereocenters. The van der Waals surface area contributed by atoms with Crippen LogP contribution in [0.1, 0.15) is 49.9 Å². The van der Waals surface area contributed by atoms with Crippen LogP contribution in [0.4, 0.5) is 5.69 Å². The lowest BCUT2D eigenvalue weighted by molar-refractivity contribution is -0.384. The van der Waals surface area contributed by atoms with E-state index in [1.165, 1.54) is 18.2 Å². The van der Waals surface area contributed by atoms with Gasteiger partial charge in [-0.2, -0.15) is 0 Å². The number of nitrogens with zero attached hydrogens (tertiary/aromatic N) is 1. The molecule has 1 aliphatic carbocycles. The molecule has 108 valence electrons. The van der Waals surface area contributed by atoms with Crippen molar-refractivity contribution in [1.29, 1.82) is 0 Å². The van der Waals surface area contributed by atoms with Gasteiger partial charge in [-0.05, 0) is 37.2 Å². The Morgan fingerprint density at radius 2 is 2.00 bits per heavy atom. The van der Waals surface area contributed by atoms with E-state index in [4.69, 9.17) is 4.74 Å². The maximum Gasteiger partial charge on any atom is 0.270 e. The quantitative estimate of drug-likeness (QED) is 0.477. The summed E-state index contributed by atoms with van der Waals surface area (Å²) < 4.78 is 5.85. The van der Waals surface area contributed by atoms with Gasteiger partial charge in [0.15, 0.2) is 6.29 Å². The monoisotopic (exact) mass is 277 g/mol. The predicted octanol–water partition coefficient (Wildman–Crippen LogP) is 3.75. The number of benzene rings is 1. The fourth-order valence-electron chi connectivity index (χ4n) is 2.52. The third-order valence-corrected chi connectivity index (χ3v) is 3.91. The number of nitro benzene ring substituents is 1. The minimum absolute atomic E-state index is 0.0863. The van der Waals surface area contributed by atoms with Gasteiger partial charge >= 0.3 is 0 Å². The number of non-ortho nitro benzene ring substituents is 1. The van der Waals surface area contributed by atoms with Crippen LogP contribution in [0.25, 0.3) is 0 Å². The molecule has 5 nitrogen and oxygen atoms in total. The first kappa shape index (κ1) is 14.5. The highest BCUT2D eigenvalue weighted by Crippen LogP contribution is 2.37. The number of ether oxygens (including phenoxy) is 1. The van der Waals surface area contributed by atoms with Crippen molar-refractivity contribution in [3.63, 3.8) is 0 Å². The highest BCUT2D eigenvalue weighted by Gasteiger charge is 2.28. The number of hydrogen-bond donors (Lipinski definition) is 0. The zero-order valence-electron chi connectivity index (χ0n) is 11.8. The first-order chi connectivity index (χ1) is 9.41. The van der Waals surface area contributed by atoms with Crippen LogP contribution in [0.2, 0.25) is 0 Å². The van der Waals surface area contributed by atoms with Gasteiger partial charge in [-0.1, -0.05) is 13.8 Å². The van der Waals surface area contributed by atoms with Gasteiger partial charge in [0.1, 0.15) is 5.75 Å². The molecule has 0 atom stereocenters. The van der Waals surface area contributed by atoms with Crippen LogP contribution in [-0.2, 0) is 0 Å². The average Bonchev–Trinajstić information content (AvgIpc) is 2.41. The second-order valence-corrected chi connectivity index (χ2v) is 6.08. The topological polar surface area (TPSA) is 69.4 Å². The molecule has 1 aromatic rings. The van der Waals surface area contributed by atoms with E-state index >= 15 is 0 Å². The number of carbonyl (C=O) groups excluding carboxylic acids is 1. The zero-order valence-corrected chi connectivity index (χ0v) is 11.8. The van der Waals surface area contributed by atoms with Gasteiger partial charge in [0.2, 0.25) is 0 Å². The Morgan fingerprint density at radius 1 is 1.35 bits per heavy atom. The van der Waals surface area contributed by atoms with Crippen LogP contribution >= 0.6 is 0 Å². The summed E-state index contributed by atoms with van der Waals surface area (Å²) in [4.78, 5) is 21.2. The van der Waals surface area contributed by atoms with E-state index in [1.807, 2.05) is 0 Å². The molecule has 0 bridgehead atoms. The predicted molar refractivity (Wildman–Crippen MR) is 75.1 cm³/mol. The summed E-state index contributed by atoms with van der Waals surface area (Å²) in [5.41, 5.74) is 0.497. The van der Waals surface area contributed by atoms with Crippen molar-refractivity contribution in [3.05, 3.63) is 33.9 Å². The molecule has 0 saturated heterocycles. The smallest absolute Gasteiger partial charge is 0.270 e. The number of aldehydes is 1. The third-order valence-electron chi connectivity index (χ3n) is 3.91. The van der Waals surface area contributed by atoms with Crippen molar-refractivity contribution in [2.24, 2.45) is 5.41 Å². The van der Waals surface area contributed by atoms with Crippen LogP contribution in [0.15, 0.2) is 18.2 Å². The largest absolute Gasteiger partial charge is 0.490 e. The molecular weight excluding hydrogens is 258 g/mol. The molecule has 0 aliphatic heterocycles. The first-order valence-corrected chi connectivity index (χ1v) is 6.81. The molecule has 2 rings (SSSR count). The Kier molecular flexibility index (Phi) is 4.06. The molecule has 1 aliphatic rings. The zero-order chi connectivity index (χ0) is 14.8. The second kappa shape index (κ2) is 5.61. The van der Waals surface area contributed by atoms with E-state index in [2.05, 4.69) is 13.8 Å². The average molecular weight is 277 g/mol. The van der Waals surface area contributed by atoms with E-state index in [0.29, 0.717) is 17.5 Å². The molecule has 0 spiro atoms. The molecule has 1 aromatic carbocycles. The number of carbonyl (C=O) groups is 1. The summed E-state index contributed by atoms with van der Waals surface area (Å²) in [5, 5.41) is 10.7. The summed E-state index contributed by atoms with van der Waals surface area (Å²) in [6.07, 6.45) is 4.75. The minimum atomic E-state index is -0.514. The van der Waals surface area contributed by atoms with Crippen molar-refractivity contribution in [2.75, 3.05) is 0 Å². The van der Waals surface area contributed by atoms with Gasteiger partial charge in [0.25, 0.3) is 5.69 Å². The Hall–Kier alpha value is -1.91. The molecule has 0 amide bonds. The van der Waals surface area contributed by atoms with Crippen LogP contribution in [0, 0.1) is 15.5 Å². The van der Waals surface area contributed by atoms with Gasteiger partial charge in [-0.3, -0.25) is 14.9 Å². The summed E-state index contributed by atoms with van der Waals surface area (Å²) in [5.74, 6) is 0.440. The van der Waals surface area contributed by atoms with Crippen molar-refractivity contribution < 1.29 is 14.5 Å². The number of hydrogen-bond acceptors (Lipinski definition) is 4. The van der Waals surface area contributed by atoms with Crippen LogP contribution in [0.5, 0.6) is 5.75 Å². The lowest BCUT2D eigenvalue weighted by Gasteiger charge is -2.34. The SMILES string of the molecule is CC1(C)CCC(Oc2ccc([N+](=O)[O-])cc2C=O)CC1. The molecule has 20 heavy (non-hydrogen) atoms. The maximum atomic E-state index is 11.0. The molecule has 5 heteroatoms. The van der Waals surface area contributed by atoms with Gasteiger partial charge < -0.3 is 4.74 Å². The van der Waals surface area contributed by atoms with E-state index in [0.717, 1.165) is 25.7 Å². The highest BCUT2D eigenvalue weighted by molar-refractivity contribution is 5.80. The van der Waals surface area contributed by atoms with Crippen molar-refractivity contribution in [2.45, 2.75) is 45.6 Å². The molecule has 0 aromatic heterocycles. The Morgan fingerprint density at radius 3 is 2.55 bits per heavy atom. The Bertz CT molecular complexity index is 515. The normalized spacial score (nSPS) is 18.5. The van der Waals surface area contributed by atoms with E-state index < -0.39 is 4.92 Å². The summed E-state index contributed by atoms with van der Waals surface area (Å²) in [6.45, 7) is 4.48. The number of rotatable bonds is 4. The van der Waals surface area contributed by atoms with Crippen LogP contribution in [0.3, 0.4) is 0 Å². The Labute approximate surface area is 118 Å². The molecule has 0 heterocycles. The summed E-state index contributed by atoms with van der Waals surface area (Å²) >= 11 is 0. The van der Waals surface area contributed by atoms with E-state index in [1.54, 1.807) is 0 Å². The fraction of sp³-hybridized carbons (Fsp3) is 0.533. The standard InChI is InChI=1S/C15H19NO4/c1-15(2)7-5-13(6-8-15)20-14-4-3-12(16(18)19)9-11(14)10-17/h3-4,9-10,13H,5-8H2,1-2H3. The van der Waals surface area contributed by atoms with E-state index in [9.17, 15) is 14.9 Å². The van der Waals surface area contributed by atoms with Crippen LogP contribution in [-0.4, -0.2) is 17.3 Å². The van der Waals surface area contributed by atoms with Crippen molar-refractivity contribution in [3.8, 4) is 5.75 Å². The summed E-state index contributed by atoms with van der Waals surface area (Å²) in [6, 6.07) is 4.14. The van der Waals surface area contributed by atoms with Gasteiger partial charge in [-0.25, -0.2) is 0 Å². The first-order valence-electron chi connectivity index (χ1n) is 6.81. The third kappa shape index (κ3) is 3.35. The van der Waals surface area contributed by atoms with E-state index in [-0.39, 0.29) is 17.4 Å². The molecule has 0 N–H and O–H groups in total. The lowest BCUT2D eigenvalue weighted by Crippen LogP contribution is -2.28. The summed E-state index contributed by atoms with van der Waals surface area (Å²) in [7, 11) is 0. The highest BCUT2D eigenvalue weighted by atomic mass is 16.6. The molecule has 1 saturated carbocycles. The van der Waals surface area contributed by atoms with Crippen molar-refractivity contribution >= 4 is 12.0 Å². The van der Waals surface area contributed by atoms with Gasteiger partial charge in [0.05, 0.1) is 16.6 Å². The van der Waals surface area contributed by atoms with Gasteiger partial charge in [-0.15, -0.1) is 0 Å². The second-order valence-electron chi connectivity index (χ2n) is 6.08. The Balaban J connectivity index is 2.10. The fourth-order valence-corrected chi connectivity index (χ4v) is 2.52. The minimum Gasteiger partial charge on any atom is -0.490 e. The molecule has 1 fully saturated rings. The van der Waals surface area contributed by atoms with Crippen LogP contribution < -0.4 is 4.74 Å².